The monoisotopic (exact) mass is 357 g/mol. The highest BCUT2D eigenvalue weighted by Gasteiger charge is 2.34. The standard InChI is InChI=1S/C16H15ClF3N3O/c17-12-9-13(21)14(8-11(12)16(18,19)20)23-15(24)6-3-5-10-4-1-2-7-22-10/h1-2,4,7-9H,3,5-6,21H2,(H,23,24). The summed E-state index contributed by atoms with van der Waals surface area (Å²) in [7, 11) is 0. The Hall–Kier alpha value is -2.28. The van der Waals surface area contributed by atoms with Crippen LogP contribution in [-0.4, -0.2) is 10.9 Å². The summed E-state index contributed by atoms with van der Waals surface area (Å²) in [6, 6.07) is 7.19. The van der Waals surface area contributed by atoms with Crippen molar-refractivity contribution in [2.75, 3.05) is 11.1 Å². The predicted octanol–water partition coefficient (Wildman–Crippen LogP) is 4.30. The summed E-state index contributed by atoms with van der Waals surface area (Å²) >= 11 is 5.55. The van der Waals surface area contributed by atoms with Crippen LogP contribution in [0.25, 0.3) is 0 Å². The van der Waals surface area contributed by atoms with Crippen LogP contribution in [0.3, 0.4) is 0 Å². The molecule has 2 rings (SSSR count). The fraction of sp³-hybridized carbons (Fsp3) is 0.250. The van der Waals surface area contributed by atoms with Gasteiger partial charge in [0.1, 0.15) is 0 Å². The second-order valence-electron chi connectivity index (χ2n) is 5.14. The average molecular weight is 358 g/mol. The molecular weight excluding hydrogens is 343 g/mol. The normalized spacial score (nSPS) is 11.3. The number of halogens is 4. The number of aryl methyl sites for hydroxylation is 1. The van der Waals surface area contributed by atoms with Crippen molar-refractivity contribution < 1.29 is 18.0 Å². The molecule has 0 unspecified atom stereocenters. The minimum absolute atomic E-state index is 0.0222. The second kappa shape index (κ2) is 7.53. The first kappa shape index (κ1) is 18.1. The molecule has 1 aromatic heterocycles. The number of carbonyl (C=O) groups is 1. The van der Waals surface area contributed by atoms with Gasteiger partial charge in [0.15, 0.2) is 0 Å². The van der Waals surface area contributed by atoms with Crippen LogP contribution in [0, 0.1) is 0 Å². The number of hydrogen-bond donors (Lipinski definition) is 2. The molecule has 0 aliphatic rings. The minimum atomic E-state index is -4.62. The molecule has 3 N–H and O–H groups in total. The van der Waals surface area contributed by atoms with E-state index in [1.165, 1.54) is 0 Å². The quantitative estimate of drug-likeness (QED) is 0.784. The van der Waals surface area contributed by atoms with E-state index in [4.69, 9.17) is 17.3 Å². The zero-order valence-corrected chi connectivity index (χ0v) is 13.3. The number of carbonyl (C=O) groups excluding carboxylic acids is 1. The van der Waals surface area contributed by atoms with E-state index in [9.17, 15) is 18.0 Å². The first-order chi connectivity index (χ1) is 11.3. The summed E-state index contributed by atoms with van der Waals surface area (Å²) in [6.45, 7) is 0. The Morgan fingerprint density at radius 2 is 2.04 bits per heavy atom. The third-order valence-corrected chi connectivity index (χ3v) is 3.59. The molecule has 0 spiro atoms. The number of pyridine rings is 1. The van der Waals surface area contributed by atoms with Gasteiger partial charge in [-0.3, -0.25) is 9.78 Å². The van der Waals surface area contributed by atoms with Crippen molar-refractivity contribution in [1.29, 1.82) is 0 Å². The van der Waals surface area contributed by atoms with Crippen LogP contribution in [0.1, 0.15) is 24.1 Å². The van der Waals surface area contributed by atoms with Crippen molar-refractivity contribution in [3.8, 4) is 0 Å². The summed E-state index contributed by atoms with van der Waals surface area (Å²) in [5, 5.41) is 1.89. The maximum Gasteiger partial charge on any atom is 0.417 e. The number of nitrogens with zero attached hydrogens (tertiary/aromatic N) is 1. The summed E-state index contributed by atoms with van der Waals surface area (Å²) in [5.74, 6) is -0.423. The molecule has 2 aromatic rings. The Morgan fingerprint density at radius 1 is 1.29 bits per heavy atom. The zero-order chi connectivity index (χ0) is 17.7. The maximum absolute atomic E-state index is 12.8. The molecule has 0 radical (unpaired) electrons. The highest BCUT2D eigenvalue weighted by Crippen LogP contribution is 2.38. The van der Waals surface area contributed by atoms with Crippen molar-refractivity contribution in [3.63, 3.8) is 0 Å². The fourth-order valence-corrected chi connectivity index (χ4v) is 2.38. The number of hydrogen-bond acceptors (Lipinski definition) is 3. The van der Waals surface area contributed by atoms with Gasteiger partial charge in [-0.2, -0.15) is 13.2 Å². The lowest BCUT2D eigenvalue weighted by molar-refractivity contribution is -0.137. The van der Waals surface area contributed by atoms with E-state index >= 15 is 0 Å². The lowest BCUT2D eigenvalue weighted by atomic mass is 10.1. The number of rotatable bonds is 5. The predicted molar refractivity (Wildman–Crippen MR) is 86.7 cm³/mol. The van der Waals surface area contributed by atoms with Gasteiger partial charge < -0.3 is 11.1 Å². The van der Waals surface area contributed by atoms with Crippen molar-refractivity contribution in [2.45, 2.75) is 25.4 Å². The van der Waals surface area contributed by atoms with Crippen LogP contribution in [0.5, 0.6) is 0 Å². The molecule has 0 aliphatic carbocycles. The largest absolute Gasteiger partial charge is 0.417 e. The van der Waals surface area contributed by atoms with Crippen LogP contribution in [-0.2, 0) is 17.4 Å². The van der Waals surface area contributed by atoms with Gasteiger partial charge in [0.25, 0.3) is 0 Å². The fourth-order valence-electron chi connectivity index (χ4n) is 2.10. The molecule has 4 nitrogen and oxygen atoms in total. The number of nitrogens with two attached hydrogens (primary N) is 1. The Morgan fingerprint density at radius 3 is 2.67 bits per heavy atom. The van der Waals surface area contributed by atoms with Gasteiger partial charge in [-0.1, -0.05) is 17.7 Å². The molecule has 0 saturated heterocycles. The van der Waals surface area contributed by atoms with Gasteiger partial charge in [-0.05, 0) is 37.1 Å². The molecule has 0 saturated carbocycles. The summed E-state index contributed by atoms with van der Waals surface area (Å²) in [5.41, 5.74) is 5.30. The average Bonchev–Trinajstić information content (AvgIpc) is 2.50. The molecule has 0 atom stereocenters. The third kappa shape index (κ3) is 4.86. The van der Waals surface area contributed by atoms with Gasteiger partial charge in [0.05, 0.1) is 22.0 Å². The van der Waals surface area contributed by atoms with E-state index in [1.54, 1.807) is 12.3 Å². The first-order valence-corrected chi connectivity index (χ1v) is 7.51. The third-order valence-electron chi connectivity index (χ3n) is 3.28. The van der Waals surface area contributed by atoms with Gasteiger partial charge in [0.2, 0.25) is 5.91 Å². The van der Waals surface area contributed by atoms with Crippen LogP contribution >= 0.6 is 11.6 Å². The smallest absolute Gasteiger partial charge is 0.397 e. The zero-order valence-electron chi connectivity index (χ0n) is 12.5. The van der Waals surface area contributed by atoms with Gasteiger partial charge in [-0.25, -0.2) is 0 Å². The number of benzene rings is 1. The molecule has 0 bridgehead atoms. The SMILES string of the molecule is Nc1cc(Cl)c(C(F)(F)F)cc1NC(=O)CCCc1ccccn1. The molecule has 1 heterocycles. The second-order valence-corrected chi connectivity index (χ2v) is 5.55. The number of nitrogen functional groups attached to an aromatic ring is 1. The molecular formula is C16H15ClF3N3O. The van der Waals surface area contributed by atoms with Crippen LogP contribution < -0.4 is 11.1 Å². The molecule has 0 fully saturated rings. The Labute approximate surface area is 141 Å². The highest BCUT2D eigenvalue weighted by molar-refractivity contribution is 6.32. The van der Waals surface area contributed by atoms with Crippen molar-refractivity contribution >= 4 is 28.9 Å². The summed E-state index contributed by atoms with van der Waals surface area (Å²) < 4.78 is 38.5. The molecule has 1 aromatic carbocycles. The highest BCUT2D eigenvalue weighted by atomic mass is 35.5. The number of aromatic nitrogens is 1. The summed E-state index contributed by atoms with van der Waals surface area (Å²) in [6.07, 6.45) is -1.72. The lowest BCUT2D eigenvalue weighted by Gasteiger charge is -2.14. The van der Waals surface area contributed by atoms with Crippen molar-refractivity contribution in [2.24, 2.45) is 0 Å². The van der Waals surface area contributed by atoms with Crippen LogP contribution in [0.2, 0.25) is 5.02 Å². The first-order valence-electron chi connectivity index (χ1n) is 7.13. The molecule has 8 heteroatoms. The van der Waals surface area contributed by atoms with E-state index in [0.717, 1.165) is 17.8 Å². The van der Waals surface area contributed by atoms with E-state index in [1.807, 2.05) is 12.1 Å². The Balaban J connectivity index is 1.98. The molecule has 24 heavy (non-hydrogen) atoms. The lowest BCUT2D eigenvalue weighted by Crippen LogP contribution is -2.15. The minimum Gasteiger partial charge on any atom is -0.397 e. The van der Waals surface area contributed by atoms with Crippen LogP contribution in [0.15, 0.2) is 36.5 Å². The molecule has 1 amide bonds. The van der Waals surface area contributed by atoms with Gasteiger partial charge in [0, 0.05) is 18.3 Å². The van der Waals surface area contributed by atoms with E-state index < -0.39 is 22.7 Å². The van der Waals surface area contributed by atoms with Crippen molar-refractivity contribution in [1.82, 2.24) is 4.98 Å². The van der Waals surface area contributed by atoms with Gasteiger partial charge >= 0.3 is 6.18 Å². The Kier molecular flexibility index (Phi) is 5.66. The van der Waals surface area contributed by atoms with Gasteiger partial charge in [-0.15, -0.1) is 0 Å². The topological polar surface area (TPSA) is 68.0 Å². The van der Waals surface area contributed by atoms with Crippen molar-refractivity contribution in [3.05, 3.63) is 52.8 Å². The molecule has 128 valence electrons. The van der Waals surface area contributed by atoms with E-state index in [-0.39, 0.29) is 17.8 Å². The van der Waals surface area contributed by atoms with Crippen LogP contribution in [0.4, 0.5) is 24.5 Å². The number of alkyl halides is 3. The summed E-state index contributed by atoms with van der Waals surface area (Å²) in [4.78, 5) is 16.0. The number of anilines is 2. The van der Waals surface area contributed by atoms with E-state index in [2.05, 4.69) is 10.3 Å². The Bertz CT molecular complexity index is 720. The molecule has 0 aliphatic heterocycles. The number of nitrogens with one attached hydrogen (secondary N) is 1. The number of amides is 1. The van der Waals surface area contributed by atoms with E-state index in [0.29, 0.717) is 12.8 Å². The maximum atomic E-state index is 12.8.